The second-order valence-electron chi connectivity index (χ2n) is 5.47. The fourth-order valence-electron chi connectivity index (χ4n) is 2.68. The smallest absolute Gasteiger partial charge is 0.195 e. The van der Waals surface area contributed by atoms with E-state index in [9.17, 15) is 8.42 Å². The average Bonchev–Trinajstić information content (AvgIpc) is 3.15. The summed E-state index contributed by atoms with van der Waals surface area (Å²) in [6, 6.07) is 9.76. The van der Waals surface area contributed by atoms with Crippen LogP contribution in [0.1, 0.15) is 38.8 Å². The van der Waals surface area contributed by atoms with Crippen molar-refractivity contribution in [2.24, 2.45) is 11.8 Å². The minimum Gasteiger partial charge on any atom is -0.195 e. The van der Waals surface area contributed by atoms with Gasteiger partial charge in [-0.05, 0) is 23.8 Å². The van der Waals surface area contributed by atoms with Gasteiger partial charge in [-0.2, -0.15) is 17.4 Å². The lowest BCUT2D eigenvalue weighted by atomic mass is 10.0. The van der Waals surface area contributed by atoms with Crippen molar-refractivity contribution in [2.45, 2.75) is 33.2 Å². The van der Waals surface area contributed by atoms with Gasteiger partial charge in [0.05, 0.1) is 6.04 Å². The number of nitrogens with zero attached hydrogens (tertiary/aromatic N) is 1. The Labute approximate surface area is 122 Å². The molecule has 0 amide bonds. The maximum Gasteiger partial charge on any atom is 0.279 e. The molecule has 0 bridgehead atoms. The molecular weight excluding hydrogens is 272 g/mol. The molecule has 0 saturated heterocycles. The summed E-state index contributed by atoms with van der Waals surface area (Å²) in [4.78, 5) is 0. The molecule has 0 heterocycles. The van der Waals surface area contributed by atoms with Crippen molar-refractivity contribution >= 4 is 10.2 Å². The first-order chi connectivity index (χ1) is 9.49. The summed E-state index contributed by atoms with van der Waals surface area (Å²) in [7, 11) is -3.41. The summed E-state index contributed by atoms with van der Waals surface area (Å²) < 4.78 is 29.2. The van der Waals surface area contributed by atoms with Crippen molar-refractivity contribution in [3.05, 3.63) is 35.9 Å². The standard InChI is InChI=1S/C15H24N2O2S/c1-4-17(5-2)20(18,19)16-15(14-11-12(14)3)13-9-7-6-8-10-13/h6-10,12,14-16H,4-5,11H2,1-3H3. The first kappa shape index (κ1) is 15.5. The highest BCUT2D eigenvalue weighted by Gasteiger charge is 2.42. The summed E-state index contributed by atoms with van der Waals surface area (Å²) in [5.74, 6) is 0.988. The second-order valence-corrected chi connectivity index (χ2v) is 7.17. The van der Waals surface area contributed by atoms with E-state index in [4.69, 9.17) is 0 Å². The molecule has 2 rings (SSSR count). The van der Waals surface area contributed by atoms with Crippen LogP contribution in [0.4, 0.5) is 0 Å². The Hall–Kier alpha value is -0.910. The summed E-state index contributed by atoms with van der Waals surface area (Å²) in [5, 5.41) is 0. The largest absolute Gasteiger partial charge is 0.279 e. The molecule has 112 valence electrons. The van der Waals surface area contributed by atoms with Crippen LogP contribution in [0.5, 0.6) is 0 Å². The molecule has 5 heteroatoms. The third-order valence-electron chi connectivity index (χ3n) is 4.08. The zero-order valence-electron chi connectivity index (χ0n) is 12.4. The van der Waals surface area contributed by atoms with Gasteiger partial charge >= 0.3 is 0 Å². The maximum absolute atomic E-state index is 12.4. The van der Waals surface area contributed by atoms with E-state index in [2.05, 4.69) is 11.6 Å². The van der Waals surface area contributed by atoms with Crippen LogP contribution in [0.2, 0.25) is 0 Å². The van der Waals surface area contributed by atoms with E-state index in [-0.39, 0.29) is 6.04 Å². The van der Waals surface area contributed by atoms with Crippen molar-refractivity contribution in [3.8, 4) is 0 Å². The molecular formula is C15H24N2O2S. The lowest BCUT2D eigenvalue weighted by Crippen LogP contribution is -2.42. The van der Waals surface area contributed by atoms with E-state index in [1.165, 1.54) is 4.31 Å². The van der Waals surface area contributed by atoms with Crippen LogP contribution >= 0.6 is 0 Å². The van der Waals surface area contributed by atoms with Gasteiger partial charge in [0, 0.05) is 13.1 Å². The van der Waals surface area contributed by atoms with Gasteiger partial charge in [-0.1, -0.05) is 51.1 Å². The van der Waals surface area contributed by atoms with Gasteiger partial charge in [0.1, 0.15) is 0 Å². The molecule has 0 aliphatic heterocycles. The predicted octanol–water partition coefficient (Wildman–Crippen LogP) is 2.56. The quantitative estimate of drug-likeness (QED) is 0.840. The van der Waals surface area contributed by atoms with E-state index in [0.717, 1.165) is 12.0 Å². The summed E-state index contributed by atoms with van der Waals surface area (Å²) >= 11 is 0. The van der Waals surface area contributed by atoms with E-state index in [1.54, 1.807) is 0 Å². The Kier molecular flexibility index (Phi) is 4.83. The third kappa shape index (κ3) is 3.40. The van der Waals surface area contributed by atoms with Crippen molar-refractivity contribution in [1.82, 2.24) is 9.03 Å². The van der Waals surface area contributed by atoms with Crippen molar-refractivity contribution in [2.75, 3.05) is 13.1 Å². The number of nitrogens with one attached hydrogen (secondary N) is 1. The lowest BCUT2D eigenvalue weighted by Gasteiger charge is -2.25. The first-order valence-electron chi connectivity index (χ1n) is 7.32. The summed E-state index contributed by atoms with van der Waals surface area (Å²) in [6.07, 6.45) is 1.08. The monoisotopic (exact) mass is 296 g/mol. The fraction of sp³-hybridized carbons (Fsp3) is 0.600. The number of hydrogen-bond donors (Lipinski definition) is 1. The maximum atomic E-state index is 12.4. The Morgan fingerprint density at radius 3 is 2.25 bits per heavy atom. The van der Waals surface area contributed by atoms with Gasteiger partial charge in [0.2, 0.25) is 0 Å². The van der Waals surface area contributed by atoms with Crippen molar-refractivity contribution < 1.29 is 8.42 Å². The molecule has 1 aromatic carbocycles. The van der Waals surface area contributed by atoms with E-state index >= 15 is 0 Å². The molecule has 0 spiro atoms. The minimum absolute atomic E-state index is 0.114. The Balaban J connectivity index is 2.21. The topological polar surface area (TPSA) is 49.4 Å². The predicted molar refractivity (Wildman–Crippen MR) is 81.4 cm³/mol. The van der Waals surface area contributed by atoms with Crippen LogP contribution in [-0.4, -0.2) is 25.8 Å². The SMILES string of the molecule is CCN(CC)S(=O)(=O)NC(c1ccccc1)C1CC1C. The van der Waals surface area contributed by atoms with Crippen molar-refractivity contribution in [1.29, 1.82) is 0 Å². The minimum atomic E-state index is -3.41. The molecule has 0 radical (unpaired) electrons. The van der Waals surface area contributed by atoms with Crippen LogP contribution < -0.4 is 4.72 Å². The molecule has 20 heavy (non-hydrogen) atoms. The lowest BCUT2D eigenvalue weighted by molar-refractivity contribution is 0.417. The highest BCUT2D eigenvalue weighted by Crippen LogP contribution is 2.47. The normalized spacial score (nSPS) is 23.8. The van der Waals surface area contributed by atoms with Gasteiger partial charge < -0.3 is 0 Å². The Bertz CT molecular complexity index is 526. The Morgan fingerprint density at radius 2 is 1.80 bits per heavy atom. The van der Waals surface area contributed by atoms with Crippen molar-refractivity contribution in [3.63, 3.8) is 0 Å². The fourth-order valence-corrected chi connectivity index (χ4v) is 4.14. The van der Waals surface area contributed by atoms with Crippen LogP contribution in [0.3, 0.4) is 0 Å². The molecule has 1 saturated carbocycles. The number of rotatable bonds is 7. The average molecular weight is 296 g/mol. The summed E-state index contributed by atoms with van der Waals surface area (Å²) in [6.45, 7) is 6.88. The number of hydrogen-bond acceptors (Lipinski definition) is 2. The zero-order valence-corrected chi connectivity index (χ0v) is 13.2. The van der Waals surface area contributed by atoms with E-state index in [0.29, 0.717) is 24.9 Å². The van der Waals surface area contributed by atoms with Crippen LogP contribution in [-0.2, 0) is 10.2 Å². The van der Waals surface area contributed by atoms with Crippen LogP contribution in [0, 0.1) is 11.8 Å². The first-order valence-corrected chi connectivity index (χ1v) is 8.76. The molecule has 1 fully saturated rings. The van der Waals surface area contributed by atoms with Crippen LogP contribution in [0.25, 0.3) is 0 Å². The highest BCUT2D eigenvalue weighted by atomic mass is 32.2. The van der Waals surface area contributed by atoms with Gasteiger partial charge in [0.25, 0.3) is 10.2 Å². The van der Waals surface area contributed by atoms with Gasteiger partial charge in [0.15, 0.2) is 0 Å². The second kappa shape index (κ2) is 6.24. The summed E-state index contributed by atoms with van der Waals surface area (Å²) in [5.41, 5.74) is 1.05. The molecule has 1 aliphatic carbocycles. The zero-order chi connectivity index (χ0) is 14.8. The Morgan fingerprint density at radius 1 is 1.25 bits per heavy atom. The van der Waals surface area contributed by atoms with Gasteiger partial charge in [-0.3, -0.25) is 0 Å². The molecule has 1 N–H and O–H groups in total. The van der Waals surface area contributed by atoms with Gasteiger partial charge in [-0.25, -0.2) is 0 Å². The van der Waals surface area contributed by atoms with E-state index < -0.39 is 10.2 Å². The molecule has 1 aromatic rings. The molecule has 3 atom stereocenters. The molecule has 1 aliphatic rings. The van der Waals surface area contributed by atoms with Crippen LogP contribution in [0.15, 0.2) is 30.3 Å². The highest BCUT2D eigenvalue weighted by molar-refractivity contribution is 7.87. The molecule has 3 unspecified atom stereocenters. The third-order valence-corrected chi connectivity index (χ3v) is 5.83. The number of benzene rings is 1. The van der Waals surface area contributed by atoms with E-state index in [1.807, 2.05) is 44.2 Å². The van der Waals surface area contributed by atoms with Gasteiger partial charge in [-0.15, -0.1) is 0 Å². The molecule has 0 aromatic heterocycles. The molecule has 4 nitrogen and oxygen atoms in total.